The molecule has 7 heteroatoms. The van der Waals surface area contributed by atoms with E-state index >= 15 is 0 Å². The molecule has 5 nitrogen and oxygen atoms in total. The maximum Gasteiger partial charge on any atom is 0.243 e. The second kappa shape index (κ2) is 6.62. The molecule has 1 aromatic carbocycles. The van der Waals surface area contributed by atoms with Gasteiger partial charge in [0.1, 0.15) is 5.82 Å². The third-order valence-corrected chi connectivity index (χ3v) is 5.17. The Morgan fingerprint density at radius 2 is 2.05 bits per heavy atom. The Morgan fingerprint density at radius 1 is 1.35 bits per heavy atom. The molecule has 0 atom stereocenters. The van der Waals surface area contributed by atoms with Crippen LogP contribution in [0.15, 0.2) is 29.2 Å². The van der Waals surface area contributed by atoms with E-state index < -0.39 is 15.8 Å². The van der Waals surface area contributed by atoms with Gasteiger partial charge >= 0.3 is 0 Å². The summed E-state index contributed by atoms with van der Waals surface area (Å²) >= 11 is 0. The third kappa shape index (κ3) is 3.54. The number of benzene rings is 1. The number of hydrogen-bond donors (Lipinski definition) is 1. The molecule has 0 unspecified atom stereocenters. The normalized spacial score (nSPS) is 18.3. The summed E-state index contributed by atoms with van der Waals surface area (Å²) in [6.45, 7) is 0.910. The van der Waals surface area contributed by atoms with E-state index in [0.717, 1.165) is 6.07 Å². The van der Waals surface area contributed by atoms with Crippen LogP contribution in [0.4, 0.5) is 4.39 Å². The van der Waals surface area contributed by atoms with Gasteiger partial charge in [-0.1, -0.05) is 6.07 Å². The molecule has 0 amide bonds. The fraction of sp³-hybridized carbons (Fsp3) is 0.538. The van der Waals surface area contributed by atoms with Crippen molar-refractivity contribution in [2.24, 2.45) is 0 Å². The molecule has 112 valence electrons. The van der Waals surface area contributed by atoms with Gasteiger partial charge in [0.25, 0.3) is 0 Å². The van der Waals surface area contributed by atoms with Gasteiger partial charge in [-0.25, -0.2) is 12.8 Å². The Kier molecular flexibility index (Phi) is 5.09. The predicted molar refractivity (Wildman–Crippen MR) is 71.2 cm³/mol. The lowest BCUT2D eigenvalue weighted by Gasteiger charge is -2.31. The first-order valence-electron chi connectivity index (χ1n) is 6.52. The minimum absolute atomic E-state index is 0.0211. The fourth-order valence-electron chi connectivity index (χ4n) is 2.24. The van der Waals surface area contributed by atoms with Gasteiger partial charge in [-0.05, 0) is 31.0 Å². The molecule has 1 aliphatic rings. The number of aliphatic hydroxyl groups is 1. The van der Waals surface area contributed by atoms with E-state index in [9.17, 15) is 12.8 Å². The van der Waals surface area contributed by atoms with Gasteiger partial charge in [0.15, 0.2) is 0 Å². The molecule has 1 aromatic rings. The van der Waals surface area contributed by atoms with Crippen LogP contribution < -0.4 is 0 Å². The maximum absolute atomic E-state index is 13.1. The van der Waals surface area contributed by atoms with Crippen LogP contribution in [0, 0.1) is 5.82 Å². The van der Waals surface area contributed by atoms with Crippen LogP contribution in [0.3, 0.4) is 0 Å². The molecule has 0 bridgehead atoms. The molecule has 1 aliphatic heterocycles. The zero-order chi connectivity index (χ0) is 14.6. The highest BCUT2D eigenvalue weighted by molar-refractivity contribution is 7.89. The summed E-state index contributed by atoms with van der Waals surface area (Å²) in [7, 11) is -3.64. The van der Waals surface area contributed by atoms with Crippen molar-refractivity contribution in [1.82, 2.24) is 4.31 Å². The van der Waals surface area contributed by atoms with Gasteiger partial charge < -0.3 is 9.84 Å². The molecule has 1 N–H and O–H groups in total. The summed E-state index contributed by atoms with van der Waals surface area (Å²) in [4.78, 5) is -0.0211. The van der Waals surface area contributed by atoms with Crippen LogP contribution in [0.25, 0.3) is 0 Å². The number of hydrogen-bond acceptors (Lipinski definition) is 4. The van der Waals surface area contributed by atoms with E-state index in [-0.39, 0.29) is 24.2 Å². The van der Waals surface area contributed by atoms with Gasteiger partial charge in [-0.3, -0.25) is 0 Å². The molecule has 0 radical (unpaired) electrons. The van der Waals surface area contributed by atoms with Crippen LogP contribution in [-0.4, -0.2) is 50.2 Å². The van der Waals surface area contributed by atoms with Crippen molar-refractivity contribution in [3.63, 3.8) is 0 Å². The molecule has 1 saturated heterocycles. The van der Waals surface area contributed by atoms with Crippen LogP contribution in [0.5, 0.6) is 0 Å². The SMILES string of the molecule is O=S(=O)(c1cccc(F)c1)N1CCC(OCCO)CC1. The number of ether oxygens (including phenoxy) is 1. The Morgan fingerprint density at radius 3 is 2.65 bits per heavy atom. The number of rotatable bonds is 5. The first-order valence-corrected chi connectivity index (χ1v) is 7.96. The molecule has 1 fully saturated rings. The second-order valence-electron chi connectivity index (χ2n) is 4.66. The molecule has 0 saturated carbocycles. The Labute approximate surface area is 118 Å². The molecule has 0 spiro atoms. The lowest BCUT2D eigenvalue weighted by molar-refractivity contribution is 0.00318. The van der Waals surface area contributed by atoms with Crippen LogP contribution in [0.2, 0.25) is 0 Å². The third-order valence-electron chi connectivity index (χ3n) is 3.28. The van der Waals surface area contributed by atoms with Gasteiger partial charge in [0, 0.05) is 13.1 Å². The van der Waals surface area contributed by atoms with Gasteiger partial charge in [0.2, 0.25) is 10.0 Å². The van der Waals surface area contributed by atoms with Crippen LogP contribution in [0.1, 0.15) is 12.8 Å². The standard InChI is InChI=1S/C13H18FNO4S/c14-11-2-1-3-13(10-11)20(17,18)15-6-4-12(5-7-15)19-9-8-16/h1-3,10,12,16H,4-9H2. The lowest BCUT2D eigenvalue weighted by Crippen LogP contribution is -2.41. The average Bonchev–Trinajstić information content (AvgIpc) is 2.45. The maximum atomic E-state index is 13.1. The summed E-state index contributed by atoms with van der Waals surface area (Å²) in [6, 6.07) is 5.03. The lowest BCUT2D eigenvalue weighted by atomic mass is 10.1. The van der Waals surface area contributed by atoms with E-state index in [1.165, 1.54) is 22.5 Å². The zero-order valence-electron chi connectivity index (χ0n) is 11.0. The Balaban J connectivity index is 2.02. The summed E-state index contributed by atoms with van der Waals surface area (Å²) < 4.78 is 44.6. The van der Waals surface area contributed by atoms with Gasteiger partial charge in [0.05, 0.1) is 24.2 Å². The number of sulfonamides is 1. The molecule has 0 aromatic heterocycles. The molecular weight excluding hydrogens is 285 g/mol. The van der Waals surface area contributed by atoms with Gasteiger partial charge in [-0.15, -0.1) is 0 Å². The molecular formula is C13H18FNO4S. The monoisotopic (exact) mass is 303 g/mol. The largest absolute Gasteiger partial charge is 0.394 e. The highest BCUT2D eigenvalue weighted by atomic mass is 32.2. The van der Waals surface area contributed by atoms with E-state index in [0.29, 0.717) is 25.9 Å². The van der Waals surface area contributed by atoms with E-state index in [4.69, 9.17) is 9.84 Å². The highest BCUT2D eigenvalue weighted by Gasteiger charge is 2.29. The van der Waals surface area contributed by atoms with E-state index in [1.54, 1.807) is 0 Å². The topological polar surface area (TPSA) is 66.8 Å². The van der Waals surface area contributed by atoms with Crippen LogP contribution in [-0.2, 0) is 14.8 Å². The average molecular weight is 303 g/mol. The molecule has 0 aliphatic carbocycles. The van der Waals surface area contributed by atoms with Crippen molar-refractivity contribution in [1.29, 1.82) is 0 Å². The summed E-state index contributed by atoms with van der Waals surface area (Å²) in [5.41, 5.74) is 0. The van der Waals surface area contributed by atoms with Crippen molar-refractivity contribution < 1.29 is 22.7 Å². The van der Waals surface area contributed by atoms with Crippen molar-refractivity contribution in [2.75, 3.05) is 26.3 Å². The first kappa shape index (κ1) is 15.4. The first-order chi connectivity index (χ1) is 9.54. The second-order valence-corrected chi connectivity index (χ2v) is 6.59. The van der Waals surface area contributed by atoms with E-state index in [1.807, 2.05) is 0 Å². The summed E-state index contributed by atoms with van der Waals surface area (Å²) in [5.74, 6) is -0.563. The zero-order valence-corrected chi connectivity index (χ0v) is 11.9. The highest BCUT2D eigenvalue weighted by Crippen LogP contribution is 2.22. The molecule has 20 heavy (non-hydrogen) atoms. The van der Waals surface area contributed by atoms with Crippen molar-refractivity contribution in [3.05, 3.63) is 30.1 Å². The number of piperidine rings is 1. The Bertz CT molecular complexity index is 541. The quantitative estimate of drug-likeness (QED) is 0.881. The summed E-state index contributed by atoms with van der Waals surface area (Å²) in [5, 5.41) is 8.69. The number of nitrogens with zero attached hydrogens (tertiary/aromatic N) is 1. The van der Waals surface area contributed by atoms with Crippen molar-refractivity contribution >= 4 is 10.0 Å². The Hall–Kier alpha value is -1.02. The fourth-order valence-corrected chi connectivity index (χ4v) is 3.74. The minimum Gasteiger partial charge on any atom is -0.394 e. The van der Waals surface area contributed by atoms with Crippen molar-refractivity contribution in [2.45, 2.75) is 23.8 Å². The summed E-state index contributed by atoms with van der Waals surface area (Å²) in [6.07, 6.45) is 1.13. The van der Waals surface area contributed by atoms with Gasteiger partial charge in [-0.2, -0.15) is 4.31 Å². The van der Waals surface area contributed by atoms with Crippen molar-refractivity contribution in [3.8, 4) is 0 Å². The van der Waals surface area contributed by atoms with Crippen LogP contribution >= 0.6 is 0 Å². The van der Waals surface area contributed by atoms with E-state index in [2.05, 4.69) is 0 Å². The molecule has 1 heterocycles. The smallest absolute Gasteiger partial charge is 0.243 e. The predicted octanol–water partition coefficient (Wildman–Crippen LogP) is 0.988. The number of aliphatic hydroxyl groups excluding tert-OH is 1. The number of halogens is 1. The minimum atomic E-state index is -3.64. The molecule has 2 rings (SSSR count).